The highest BCUT2D eigenvalue weighted by Gasteiger charge is 2.32. The number of methoxy groups -OCH3 is 1. The Hall–Kier alpha value is -3.41. The molecule has 0 aliphatic carbocycles. The molecule has 0 saturated carbocycles. The highest BCUT2D eigenvalue weighted by Crippen LogP contribution is 2.44. The van der Waals surface area contributed by atoms with Gasteiger partial charge in [0.05, 0.1) is 18.2 Å². The lowest BCUT2D eigenvalue weighted by Gasteiger charge is -2.33. The maximum Gasteiger partial charge on any atom is 0.416 e. The van der Waals surface area contributed by atoms with Crippen molar-refractivity contribution in [3.63, 3.8) is 0 Å². The first-order valence-corrected chi connectivity index (χ1v) is 11.5. The van der Waals surface area contributed by atoms with E-state index in [1.165, 1.54) is 13.2 Å². The summed E-state index contributed by atoms with van der Waals surface area (Å²) in [5, 5.41) is 3.53. The van der Waals surface area contributed by atoms with Crippen LogP contribution in [0.3, 0.4) is 0 Å². The van der Waals surface area contributed by atoms with Gasteiger partial charge in [0.1, 0.15) is 18.1 Å². The summed E-state index contributed by atoms with van der Waals surface area (Å²) in [4.78, 5) is 0. The van der Waals surface area contributed by atoms with Crippen molar-refractivity contribution < 1.29 is 22.6 Å². The van der Waals surface area contributed by atoms with Gasteiger partial charge < -0.3 is 14.8 Å². The highest BCUT2D eigenvalue weighted by molar-refractivity contribution is 5.88. The van der Waals surface area contributed by atoms with Crippen LogP contribution < -0.4 is 14.8 Å². The second-order valence-electron chi connectivity index (χ2n) is 9.66. The van der Waals surface area contributed by atoms with Crippen molar-refractivity contribution in [3.05, 3.63) is 82.4 Å². The predicted octanol–water partition coefficient (Wildman–Crippen LogP) is 8.18. The van der Waals surface area contributed by atoms with E-state index in [2.05, 4.69) is 25.2 Å². The number of hydrogen-bond donors (Lipinski definition) is 1. The minimum atomic E-state index is -4.47. The molecule has 1 aliphatic rings. The highest BCUT2D eigenvalue weighted by atomic mass is 19.4. The SMILES string of the molecule is COc1ccc(C(F)(F)F)cc1-c1ccc2c(c1COc1cc(C)ccc1C)C(C)=CC(C)(C)N2. The number of alkyl halides is 3. The number of ether oxygens (including phenoxy) is 2. The van der Waals surface area contributed by atoms with Gasteiger partial charge >= 0.3 is 6.18 Å². The molecule has 0 radical (unpaired) electrons. The second-order valence-corrected chi connectivity index (χ2v) is 9.66. The first kappa shape index (κ1) is 24.7. The van der Waals surface area contributed by atoms with Gasteiger partial charge in [0, 0.05) is 22.4 Å². The van der Waals surface area contributed by atoms with Crippen LogP contribution in [0.1, 0.15) is 48.6 Å². The number of halogens is 3. The van der Waals surface area contributed by atoms with Crippen LogP contribution in [0.15, 0.2) is 54.6 Å². The fraction of sp³-hybridized carbons (Fsp3) is 0.310. The zero-order chi connectivity index (χ0) is 25.5. The van der Waals surface area contributed by atoms with Crippen LogP contribution in [-0.4, -0.2) is 12.6 Å². The lowest BCUT2D eigenvalue weighted by atomic mass is 9.85. The Morgan fingerprint density at radius 2 is 1.63 bits per heavy atom. The van der Waals surface area contributed by atoms with Crippen molar-refractivity contribution in [2.24, 2.45) is 0 Å². The molecule has 6 heteroatoms. The Balaban J connectivity index is 1.92. The van der Waals surface area contributed by atoms with Gasteiger partial charge in [-0.1, -0.05) is 24.3 Å². The molecule has 3 aromatic carbocycles. The van der Waals surface area contributed by atoms with E-state index in [-0.39, 0.29) is 12.1 Å². The molecule has 3 aromatic rings. The number of nitrogens with one attached hydrogen (secondary N) is 1. The van der Waals surface area contributed by atoms with E-state index in [4.69, 9.17) is 9.47 Å². The van der Waals surface area contributed by atoms with Crippen molar-refractivity contribution in [2.45, 2.75) is 52.9 Å². The summed E-state index contributed by atoms with van der Waals surface area (Å²) in [7, 11) is 1.46. The summed E-state index contributed by atoms with van der Waals surface area (Å²) < 4.78 is 52.6. The fourth-order valence-electron chi connectivity index (χ4n) is 4.71. The average Bonchev–Trinajstić information content (AvgIpc) is 2.77. The summed E-state index contributed by atoms with van der Waals surface area (Å²) in [6, 6.07) is 13.3. The zero-order valence-electron chi connectivity index (χ0n) is 20.9. The number of benzene rings is 3. The van der Waals surface area contributed by atoms with Crippen molar-refractivity contribution in [1.29, 1.82) is 0 Å². The van der Waals surface area contributed by atoms with Gasteiger partial charge in [-0.25, -0.2) is 0 Å². The van der Waals surface area contributed by atoms with Gasteiger partial charge in [0.25, 0.3) is 0 Å². The van der Waals surface area contributed by atoms with E-state index in [1.807, 2.05) is 51.1 Å². The molecular weight excluding hydrogens is 451 g/mol. The molecular formula is C29H30F3NO2. The normalized spacial score (nSPS) is 14.6. The van der Waals surface area contributed by atoms with Crippen LogP contribution in [0.25, 0.3) is 16.7 Å². The van der Waals surface area contributed by atoms with Crippen molar-refractivity contribution in [1.82, 2.24) is 0 Å². The lowest BCUT2D eigenvalue weighted by Crippen LogP contribution is -2.32. The Morgan fingerprint density at radius 1 is 0.886 bits per heavy atom. The molecule has 0 spiro atoms. The van der Waals surface area contributed by atoms with Gasteiger partial charge in [-0.3, -0.25) is 0 Å². The molecule has 1 N–H and O–H groups in total. The van der Waals surface area contributed by atoms with E-state index in [9.17, 15) is 13.2 Å². The summed E-state index contributed by atoms with van der Waals surface area (Å²) in [6.07, 6.45) is -2.34. The molecule has 184 valence electrons. The molecule has 0 unspecified atom stereocenters. The third-order valence-corrected chi connectivity index (χ3v) is 6.27. The predicted molar refractivity (Wildman–Crippen MR) is 135 cm³/mol. The number of anilines is 1. The number of aryl methyl sites for hydroxylation is 2. The second kappa shape index (κ2) is 8.99. The summed E-state index contributed by atoms with van der Waals surface area (Å²) in [5.41, 5.74) is 5.81. The van der Waals surface area contributed by atoms with Crippen LogP contribution in [0, 0.1) is 13.8 Å². The first-order chi connectivity index (χ1) is 16.4. The van der Waals surface area contributed by atoms with Crippen LogP contribution in [0.4, 0.5) is 18.9 Å². The van der Waals surface area contributed by atoms with Crippen molar-refractivity contribution in [2.75, 3.05) is 12.4 Å². The lowest BCUT2D eigenvalue weighted by molar-refractivity contribution is -0.137. The quantitative estimate of drug-likeness (QED) is 0.399. The van der Waals surface area contributed by atoms with Crippen LogP contribution >= 0.6 is 0 Å². The maximum absolute atomic E-state index is 13.6. The van der Waals surface area contributed by atoms with E-state index in [1.54, 1.807) is 0 Å². The molecule has 0 atom stereocenters. The largest absolute Gasteiger partial charge is 0.496 e. The molecule has 35 heavy (non-hydrogen) atoms. The van der Waals surface area contributed by atoms with E-state index in [0.717, 1.165) is 51.4 Å². The number of allylic oxidation sites excluding steroid dienone is 1. The molecule has 0 aromatic heterocycles. The zero-order valence-corrected chi connectivity index (χ0v) is 20.9. The smallest absolute Gasteiger partial charge is 0.416 e. The fourth-order valence-corrected chi connectivity index (χ4v) is 4.71. The Morgan fingerprint density at radius 3 is 2.31 bits per heavy atom. The molecule has 0 amide bonds. The number of fused-ring (bicyclic) bond motifs is 1. The van der Waals surface area contributed by atoms with E-state index < -0.39 is 11.7 Å². The molecule has 0 fully saturated rings. The molecule has 4 rings (SSSR count). The minimum absolute atomic E-state index is 0.190. The van der Waals surface area contributed by atoms with Gasteiger partial charge in [-0.15, -0.1) is 0 Å². The van der Waals surface area contributed by atoms with Gasteiger partial charge in [-0.2, -0.15) is 13.2 Å². The summed E-state index contributed by atoms with van der Waals surface area (Å²) in [5.74, 6) is 1.12. The average molecular weight is 482 g/mol. The maximum atomic E-state index is 13.6. The molecule has 3 nitrogen and oxygen atoms in total. The van der Waals surface area contributed by atoms with E-state index >= 15 is 0 Å². The van der Waals surface area contributed by atoms with Crippen molar-refractivity contribution >= 4 is 11.3 Å². The monoisotopic (exact) mass is 481 g/mol. The van der Waals surface area contributed by atoms with E-state index in [0.29, 0.717) is 16.9 Å². The number of hydrogen-bond acceptors (Lipinski definition) is 3. The van der Waals surface area contributed by atoms with Crippen LogP contribution in [-0.2, 0) is 12.8 Å². The van der Waals surface area contributed by atoms with Crippen LogP contribution in [0.5, 0.6) is 11.5 Å². The Kier molecular flexibility index (Phi) is 6.34. The van der Waals surface area contributed by atoms with Crippen LogP contribution in [0.2, 0.25) is 0 Å². The molecule has 0 saturated heterocycles. The molecule has 1 aliphatic heterocycles. The molecule has 1 heterocycles. The topological polar surface area (TPSA) is 30.5 Å². The third kappa shape index (κ3) is 5.02. The Bertz CT molecular complexity index is 1310. The minimum Gasteiger partial charge on any atom is -0.496 e. The molecule has 0 bridgehead atoms. The van der Waals surface area contributed by atoms with Gasteiger partial charge in [0.15, 0.2) is 0 Å². The standard InChI is InChI=1S/C29H30F3NO2/c1-17-7-8-18(2)26(13-17)35-16-23-21(10-11-24-27(23)19(3)15-28(4,5)33-24)22-14-20(29(30,31)32)9-12-25(22)34-6/h7-15,33H,16H2,1-6H3. The third-order valence-electron chi connectivity index (χ3n) is 6.27. The summed E-state index contributed by atoms with van der Waals surface area (Å²) in [6.45, 7) is 10.3. The Labute approximate surface area is 204 Å². The van der Waals surface area contributed by atoms with Gasteiger partial charge in [0.2, 0.25) is 0 Å². The van der Waals surface area contributed by atoms with Gasteiger partial charge in [-0.05, 0) is 87.2 Å². The van der Waals surface area contributed by atoms with Crippen molar-refractivity contribution in [3.8, 4) is 22.6 Å². The summed E-state index contributed by atoms with van der Waals surface area (Å²) >= 11 is 0. The number of rotatable bonds is 5. The first-order valence-electron chi connectivity index (χ1n) is 11.5.